The molecule has 0 aromatic heterocycles. The molecule has 1 aromatic carbocycles. The van der Waals surface area contributed by atoms with Crippen LogP contribution in [0.2, 0.25) is 0 Å². The van der Waals surface area contributed by atoms with Crippen LogP contribution in [0, 0.1) is 12.8 Å². The molecule has 1 aliphatic heterocycles. The Morgan fingerprint density at radius 1 is 1.47 bits per heavy atom. The van der Waals surface area contributed by atoms with Crippen LogP contribution in [0.4, 0.5) is 0 Å². The lowest BCUT2D eigenvalue weighted by molar-refractivity contribution is -0.122. The summed E-state index contributed by atoms with van der Waals surface area (Å²) in [5, 5.41) is 6.46. The third-order valence-corrected chi connectivity index (χ3v) is 3.91. The molecule has 2 unspecified atom stereocenters. The van der Waals surface area contributed by atoms with Crippen LogP contribution in [-0.2, 0) is 11.3 Å². The predicted octanol–water partition coefficient (Wildman–Crippen LogP) is 2.39. The Labute approximate surface area is 115 Å². The topological polar surface area (TPSA) is 41.1 Å². The highest BCUT2D eigenvalue weighted by Crippen LogP contribution is 2.17. The van der Waals surface area contributed by atoms with Gasteiger partial charge in [-0.2, -0.15) is 0 Å². The van der Waals surface area contributed by atoms with Gasteiger partial charge in [0.05, 0.1) is 0 Å². The van der Waals surface area contributed by atoms with Gasteiger partial charge in [0, 0.05) is 19.0 Å². The van der Waals surface area contributed by atoms with E-state index >= 15 is 0 Å². The predicted molar refractivity (Wildman–Crippen MR) is 77.8 cm³/mol. The minimum Gasteiger partial charge on any atom is -0.352 e. The van der Waals surface area contributed by atoms with E-state index in [0.29, 0.717) is 24.9 Å². The minimum absolute atomic E-state index is 0.146. The molecule has 1 aromatic rings. The first-order valence-corrected chi connectivity index (χ1v) is 7.21. The van der Waals surface area contributed by atoms with E-state index in [1.54, 1.807) is 0 Å². The number of aryl methyl sites for hydroxylation is 1. The lowest BCUT2D eigenvalue weighted by Gasteiger charge is -2.29. The summed E-state index contributed by atoms with van der Waals surface area (Å²) in [5.74, 6) is 0.742. The van der Waals surface area contributed by atoms with Crippen molar-refractivity contribution in [1.82, 2.24) is 10.6 Å². The largest absolute Gasteiger partial charge is 0.352 e. The van der Waals surface area contributed by atoms with Crippen molar-refractivity contribution in [2.24, 2.45) is 5.92 Å². The Morgan fingerprint density at radius 3 is 3.05 bits per heavy atom. The molecule has 3 nitrogen and oxygen atoms in total. The summed E-state index contributed by atoms with van der Waals surface area (Å²) < 4.78 is 0. The van der Waals surface area contributed by atoms with E-state index in [-0.39, 0.29) is 5.91 Å². The van der Waals surface area contributed by atoms with Crippen LogP contribution in [0.3, 0.4) is 0 Å². The molecule has 2 rings (SSSR count). The van der Waals surface area contributed by atoms with Crippen molar-refractivity contribution in [3.05, 3.63) is 35.4 Å². The van der Waals surface area contributed by atoms with Crippen LogP contribution in [-0.4, -0.2) is 18.5 Å². The molecule has 1 saturated heterocycles. The Balaban J connectivity index is 1.78. The standard InChI is InChI=1S/C16H24N2O/c1-12-5-3-7-14(9-12)11-18-16(19)10-15-13(2)6-4-8-17-15/h3,5,7,9,13,15,17H,4,6,8,10-11H2,1-2H3,(H,18,19). The zero-order valence-electron chi connectivity index (χ0n) is 11.9. The SMILES string of the molecule is Cc1cccc(CNC(=O)CC2NCCCC2C)c1. The summed E-state index contributed by atoms with van der Waals surface area (Å²) in [4.78, 5) is 12.0. The molecule has 0 saturated carbocycles. The maximum Gasteiger partial charge on any atom is 0.221 e. The number of piperidine rings is 1. The third kappa shape index (κ3) is 4.35. The van der Waals surface area contributed by atoms with Gasteiger partial charge in [0.2, 0.25) is 5.91 Å². The van der Waals surface area contributed by atoms with Gasteiger partial charge in [0.1, 0.15) is 0 Å². The molecule has 2 N–H and O–H groups in total. The van der Waals surface area contributed by atoms with E-state index in [1.807, 2.05) is 6.07 Å². The molecule has 3 heteroatoms. The summed E-state index contributed by atoms with van der Waals surface area (Å²) in [5.41, 5.74) is 2.40. The van der Waals surface area contributed by atoms with E-state index in [4.69, 9.17) is 0 Å². The van der Waals surface area contributed by atoms with Crippen molar-refractivity contribution >= 4 is 5.91 Å². The number of hydrogen-bond donors (Lipinski definition) is 2. The molecule has 0 bridgehead atoms. The average molecular weight is 260 g/mol. The number of hydrogen-bond acceptors (Lipinski definition) is 2. The highest BCUT2D eigenvalue weighted by atomic mass is 16.1. The number of rotatable bonds is 4. The van der Waals surface area contributed by atoms with Crippen molar-refractivity contribution in [3.8, 4) is 0 Å². The average Bonchev–Trinajstić information content (AvgIpc) is 2.39. The maximum atomic E-state index is 12.0. The van der Waals surface area contributed by atoms with Crippen molar-refractivity contribution in [2.75, 3.05) is 6.54 Å². The van der Waals surface area contributed by atoms with Crippen LogP contribution in [0.15, 0.2) is 24.3 Å². The summed E-state index contributed by atoms with van der Waals surface area (Å²) >= 11 is 0. The van der Waals surface area contributed by atoms with Gasteiger partial charge < -0.3 is 10.6 Å². The molecule has 1 amide bonds. The number of carbonyl (C=O) groups is 1. The van der Waals surface area contributed by atoms with Gasteiger partial charge in [-0.1, -0.05) is 36.8 Å². The number of benzene rings is 1. The number of amides is 1. The van der Waals surface area contributed by atoms with Gasteiger partial charge in [-0.05, 0) is 37.8 Å². The smallest absolute Gasteiger partial charge is 0.221 e. The third-order valence-electron chi connectivity index (χ3n) is 3.91. The molecule has 0 radical (unpaired) electrons. The van der Waals surface area contributed by atoms with Crippen LogP contribution in [0.5, 0.6) is 0 Å². The van der Waals surface area contributed by atoms with E-state index in [1.165, 1.54) is 18.4 Å². The van der Waals surface area contributed by atoms with E-state index in [9.17, 15) is 4.79 Å². The fourth-order valence-electron chi connectivity index (χ4n) is 2.68. The first kappa shape index (κ1) is 14.1. The molecule has 1 fully saturated rings. The number of carbonyl (C=O) groups excluding carboxylic acids is 1. The molecular weight excluding hydrogens is 236 g/mol. The van der Waals surface area contributed by atoms with Gasteiger partial charge in [-0.25, -0.2) is 0 Å². The van der Waals surface area contributed by atoms with Gasteiger partial charge in [0.25, 0.3) is 0 Å². The van der Waals surface area contributed by atoms with Crippen molar-refractivity contribution in [1.29, 1.82) is 0 Å². The zero-order chi connectivity index (χ0) is 13.7. The normalized spacial score (nSPS) is 23.1. The highest BCUT2D eigenvalue weighted by Gasteiger charge is 2.22. The lowest BCUT2D eigenvalue weighted by Crippen LogP contribution is -2.43. The maximum absolute atomic E-state index is 12.0. The summed E-state index contributed by atoms with van der Waals surface area (Å²) in [6.45, 7) is 5.96. The fraction of sp³-hybridized carbons (Fsp3) is 0.562. The molecular formula is C16H24N2O. The fourth-order valence-corrected chi connectivity index (χ4v) is 2.68. The van der Waals surface area contributed by atoms with Gasteiger partial charge in [0.15, 0.2) is 0 Å². The van der Waals surface area contributed by atoms with Gasteiger partial charge in [-0.3, -0.25) is 4.79 Å². The molecule has 19 heavy (non-hydrogen) atoms. The van der Waals surface area contributed by atoms with E-state index in [0.717, 1.165) is 12.1 Å². The Kier molecular flexibility index (Phi) is 4.97. The van der Waals surface area contributed by atoms with E-state index < -0.39 is 0 Å². The quantitative estimate of drug-likeness (QED) is 0.872. The lowest BCUT2D eigenvalue weighted by atomic mass is 9.90. The van der Waals surface area contributed by atoms with Crippen molar-refractivity contribution in [3.63, 3.8) is 0 Å². The van der Waals surface area contributed by atoms with Crippen molar-refractivity contribution in [2.45, 2.75) is 45.7 Å². The first-order chi connectivity index (χ1) is 9.15. The number of nitrogens with one attached hydrogen (secondary N) is 2. The Hall–Kier alpha value is -1.35. The molecule has 104 valence electrons. The van der Waals surface area contributed by atoms with Crippen LogP contribution in [0.25, 0.3) is 0 Å². The van der Waals surface area contributed by atoms with Gasteiger partial charge in [-0.15, -0.1) is 0 Å². The molecule has 0 aliphatic carbocycles. The summed E-state index contributed by atoms with van der Waals surface area (Å²) in [6.07, 6.45) is 3.04. The highest BCUT2D eigenvalue weighted by molar-refractivity contribution is 5.76. The van der Waals surface area contributed by atoms with Gasteiger partial charge >= 0.3 is 0 Å². The zero-order valence-corrected chi connectivity index (χ0v) is 11.9. The van der Waals surface area contributed by atoms with Crippen molar-refractivity contribution < 1.29 is 4.79 Å². The molecule has 1 aliphatic rings. The minimum atomic E-state index is 0.146. The molecule has 1 heterocycles. The summed E-state index contributed by atoms with van der Waals surface area (Å²) in [6, 6.07) is 8.60. The second-order valence-corrected chi connectivity index (χ2v) is 5.65. The monoisotopic (exact) mass is 260 g/mol. The van der Waals surface area contributed by atoms with E-state index in [2.05, 4.69) is 42.7 Å². The first-order valence-electron chi connectivity index (χ1n) is 7.21. The second-order valence-electron chi connectivity index (χ2n) is 5.65. The van der Waals surface area contributed by atoms with Crippen LogP contribution >= 0.6 is 0 Å². The second kappa shape index (κ2) is 6.71. The van der Waals surface area contributed by atoms with Crippen LogP contribution < -0.4 is 10.6 Å². The molecule has 2 atom stereocenters. The van der Waals surface area contributed by atoms with Crippen LogP contribution in [0.1, 0.15) is 37.3 Å². The molecule has 0 spiro atoms. The summed E-state index contributed by atoms with van der Waals surface area (Å²) in [7, 11) is 0. The Bertz CT molecular complexity index is 431. The Morgan fingerprint density at radius 2 is 2.32 bits per heavy atom.